The van der Waals surface area contributed by atoms with Crippen molar-refractivity contribution in [1.29, 1.82) is 10.8 Å². The van der Waals surface area contributed by atoms with Gasteiger partial charge in [-0.1, -0.05) is 36.0 Å². The largest absolute Gasteiger partial charge is 0.377 e. The van der Waals surface area contributed by atoms with Crippen molar-refractivity contribution in [3.05, 3.63) is 35.4 Å². The maximum atomic E-state index is 7.77. The lowest BCUT2D eigenvalue weighted by Crippen LogP contribution is -1.99. The van der Waals surface area contributed by atoms with Gasteiger partial charge >= 0.3 is 0 Å². The Kier molecular flexibility index (Phi) is 4.71. The second-order valence-corrected chi connectivity index (χ2v) is 4.71. The molecule has 0 aliphatic carbocycles. The molecule has 1 aromatic rings. The van der Waals surface area contributed by atoms with Crippen LogP contribution >= 0.6 is 11.8 Å². The highest BCUT2D eigenvalue weighted by molar-refractivity contribution is 8.26. The van der Waals surface area contributed by atoms with Crippen LogP contribution < -0.4 is 0 Å². The van der Waals surface area contributed by atoms with Crippen molar-refractivity contribution >= 4 is 21.8 Å². The maximum Gasteiger partial charge on any atom is 0.100 e. The second-order valence-electron chi connectivity index (χ2n) is 3.49. The Labute approximate surface area is 100 Å². The SMILES string of the molecule is COC(C)c1ccc(C(=N)SC(C)=N)cc1. The minimum atomic E-state index is 0.0698. The summed E-state index contributed by atoms with van der Waals surface area (Å²) in [5.74, 6) is 0. The first-order valence-corrected chi connectivity index (χ1v) is 5.81. The van der Waals surface area contributed by atoms with E-state index in [-0.39, 0.29) is 6.10 Å². The Balaban J connectivity index is 2.78. The van der Waals surface area contributed by atoms with Gasteiger partial charge in [0.15, 0.2) is 0 Å². The van der Waals surface area contributed by atoms with Gasteiger partial charge in [-0.3, -0.25) is 10.8 Å². The zero-order valence-corrected chi connectivity index (χ0v) is 10.5. The Morgan fingerprint density at radius 2 is 1.81 bits per heavy atom. The van der Waals surface area contributed by atoms with Crippen molar-refractivity contribution in [2.45, 2.75) is 20.0 Å². The van der Waals surface area contributed by atoms with Crippen molar-refractivity contribution in [2.75, 3.05) is 7.11 Å². The Hall–Kier alpha value is -1.13. The number of rotatable bonds is 3. The molecule has 0 saturated carbocycles. The fraction of sp³-hybridized carbons (Fsp3) is 0.333. The highest BCUT2D eigenvalue weighted by Crippen LogP contribution is 2.19. The summed E-state index contributed by atoms with van der Waals surface area (Å²) in [6, 6.07) is 7.70. The first-order valence-electron chi connectivity index (χ1n) is 4.99. The summed E-state index contributed by atoms with van der Waals surface area (Å²) >= 11 is 1.16. The lowest BCUT2D eigenvalue weighted by atomic mass is 10.1. The molecule has 0 spiro atoms. The molecule has 0 heterocycles. The molecule has 0 saturated heterocycles. The summed E-state index contributed by atoms with van der Waals surface area (Å²) < 4.78 is 5.21. The molecule has 0 amide bonds. The van der Waals surface area contributed by atoms with Crippen LogP contribution in [-0.4, -0.2) is 17.2 Å². The Morgan fingerprint density at radius 3 is 2.25 bits per heavy atom. The summed E-state index contributed by atoms with van der Waals surface area (Å²) in [5, 5.41) is 15.9. The second kappa shape index (κ2) is 5.82. The van der Waals surface area contributed by atoms with Crippen LogP contribution in [0.1, 0.15) is 31.1 Å². The normalized spacial score (nSPS) is 12.2. The standard InChI is InChI=1S/C12H16N2OS/c1-8(15-3)10-4-6-11(7-5-10)12(14)16-9(2)13/h4-8,13-14H,1-3H3. The van der Waals surface area contributed by atoms with Crippen molar-refractivity contribution in [3.63, 3.8) is 0 Å². The highest BCUT2D eigenvalue weighted by atomic mass is 32.2. The van der Waals surface area contributed by atoms with Crippen molar-refractivity contribution in [2.24, 2.45) is 0 Å². The molecule has 0 bridgehead atoms. The molecule has 16 heavy (non-hydrogen) atoms. The molecule has 2 N–H and O–H groups in total. The predicted molar refractivity (Wildman–Crippen MR) is 69.7 cm³/mol. The molecule has 3 nitrogen and oxygen atoms in total. The lowest BCUT2D eigenvalue weighted by molar-refractivity contribution is 0.119. The van der Waals surface area contributed by atoms with Gasteiger partial charge in [0.25, 0.3) is 0 Å². The highest BCUT2D eigenvalue weighted by Gasteiger charge is 2.06. The van der Waals surface area contributed by atoms with Crippen LogP contribution in [-0.2, 0) is 4.74 Å². The summed E-state index contributed by atoms with van der Waals surface area (Å²) in [7, 11) is 1.68. The monoisotopic (exact) mass is 236 g/mol. The molecule has 1 aromatic carbocycles. The van der Waals surface area contributed by atoms with E-state index in [0.29, 0.717) is 10.1 Å². The maximum absolute atomic E-state index is 7.77. The van der Waals surface area contributed by atoms with Crippen molar-refractivity contribution in [3.8, 4) is 0 Å². The molecule has 86 valence electrons. The summed E-state index contributed by atoms with van der Waals surface area (Å²) in [4.78, 5) is 0. The minimum Gasteiger partial charge on any atom is -0.377 e. The molecule has 0 aliphatic heterocycles. The Morgan fingerprint density at radius 1 is 1.25 bits per heavy atom. The summed E-state index contributed by atoms with van der Waals surface area (Å²) in [5.41, 5.74) is 1.93. The molecule has 0 aliphatic rings. The van der Waals surface area contributed by atoms with E-state index in [1.807, 2.05) is 31.2 Å². The number of hydrogen-bond acceptors (Lipinski definition) is 4. The molecule has 4 heteroatoms. The van der Waals surface area contributed by atoms with Crippen molar-refractivity contribution < 1.29 is 4.74 Å². The first kappa shape index (κ1) is 12.9. The van der Waals surface area contributed by atoms with Gasteiger partial charge in [0.05, 0.1) is 11.1 Å². The summed E-state index contributed by atoms with van der Waals surface area (Å²) in [6.45, 7) is 3.66. The van der Waals surface area contributed by atoms with E-state index in [4.69, 9.17) is 15.6 Å². The van der Waals surface area contributed by atoms with E-state index in [1.54, 1.807) is 14.0 Å². The molecule has 0 radical (unpaired) electrons. The smallest absolute Gasteiger partial charge is 0.100 e. The van der Waals surface area contributed by atoms with E-state index in [0.717, 1.165) is 22.9 Å². The van der Waals surface area contributed by atoms with Gasteiger partial charge in [0, 0.05) is 12.7 Å². The molecular weight excluding hydrogens is 220 g/mol. The third kappa shape index (κ3) is 3.47. The van der Waals surface area contributed by atoms with Crippen LogP contribution in [0.4, 0.5) is 0 Å². The quantitative estimate of drug-likeness (QED) is 0.624. The summed E-state index contributed by atoms with van der Waals surface area (Å²) in [6.07, 6.45) is 0.0698. The van der Waals surface area contributed by atoms with Crippen LogP contribution in [0.25, 0.3) is 0 Å². The predicted octanol–water partition coefficient (Wildman–Crippen LogP) is 3.45. The number of ether oxygens (including phenoxy) is 1. The van der Waals surface area contributed by atoms with Crippen LogP contribution in [0.5, 0.6) is 0 Å². The number of benzene rings is 1. The van der Waals surface area contributed by atoms with Crippen LogP contribution in [0.3, 0.4) is 0 Å². The van der Waals surface area contributed by atoms with Gasteiger partial charge in [0.2, 0.25) is 0 Å². The lowest BCUT2D eigenvalue weighted by Gasteiger charge is -2.10. The van der Waals surface area contributed by atoms with Gasteiger partial charge in [-0.25, -0.2) is 0 Å². The number of nitrogens with one attached hydrogen (secondary N) is 2. The molecule has 1 rings (SSSR count). The van der Waals surface area contributed by atoms with Gasteiger partial charge in [-0.05, 0) is 19.4 Å². The fourth-order valence-corrected chi connectivity index (χ4v) is 1.81. The van der Waals surface area contributed by atoms with Gasteiger partial charge in [-0.15, -0.1) is 0 Å². The molecular formula is C12H16N2OS. The van der Waals surface area contributed by atoms with E-state index < -0.39 is 0 Å². The van der Waals surface area contributed by atoms with Crippen LogP contribution in [0.2, 0.25) is 0 Å². The zero-order valence-electron chi connectivity index (χ0n) is 9.70. The van der Waals surface area contributed by atoms with Gasteiger partial charge in [0.1, 0.15) is 5.04 Å². The van der Waals surface area contributed by atoms with Gasteiger partial charge < -0.3 is 4.74 Å². The fourth-order valence-electron chi connectivity index (χ4n) is 1.25. The minimum absolute atomic E-state index is 0.0698. The van der Waals surface area contributed by atoms with E-state index in [9.17, 15) is 0 Å². The van der Waals surface area contributed by atoms with Gasteiger partial charge in [-0.2, -0.15) is 0 Å². The third-order valence-electron chi connectivity index (χ3n) is 2.25. The van der Waals surface area contributed by atoms with E-state index in [1.165, 1.54) is 0 Å². The Bertz CT molecular complexity index is 387. The molecule has 0 aromatic heterocycles. The first-order chi connectivity index (χ1) is 7.54. The van der Waals surface area contributed by atoms with E-state index in [2.05, 4.69) is 0 Å². The number of hydrogen-bond donors (Lipinski definition) is 2. The number of methoxy groups -OCH3 is 1. The third-order valence-corrected chi connectivity index (χ3v) is 3.00. The average molecular weight is 236 g/mol. The molecule has 0 fully saturated rings. The number of thioether (sulfide) groups is 1. The zero-order chi connectivity index (χ0) is 12.1. The van der Waals surface area contributed by atoms with E-state index >= 15 is 0 Å². The topological polar surface area (TPSA) is 56.9 Å². The average Bonchev–Trinajstić information content (AvgIpc) is 2.27. The molecule has 1 atom stereocenters. The van der Waals surface area contributed by atoms with Crippen molar-refractivity contribution in [1.82, 2.24) is 0 Å². The van der Waals surface area contributed by atoms with Crippen LogP contribution in [0.15, 0.2) is 24.3 Å². The van der Waals surface area contributed by atoms with Crippen LogP contribution in [0, 0.1) is 10.8 Å². The molecule has 1 unspecified atom stereocenters.